The van der Waals surface area contributed by atoms with Crippen LogP contribution in [-0.4, -0.2) is 4.92 Å². The second-order valence-corrected chi connectivity index (χ2v) is 3.14. The molecule has 3 nitrogen and oxygen atoms in total. The normalized spacial score (nSPS) is 10.6. The van der Waals surface area contributed by atoms with Gasteiger partial charge in [-0.3, -0.25) is 10.1 Å². The number of nitro benzene ring substituents is 1. The quantitative estimate of drug-likeness (QED) is 0.584. The molecule has 1 rings (SSSR count). The van der Waals surface area contributed by atoms with E-state index >= 15 is 0 Å². The third-order valence-electron chi connectivity index (χ3n) is 1.51. The van der Waals surface area contributed by atoms with Crippen molar-refractivity contribution in [3.63, 3.8) is 0 Å². The van der Waals surface area contributed by atoms with E-state index in [1.165, 1.54) is 0 Å². The van der Waals surface area contributed by atoms with Gasteiger partial charge in [-0.25, -0.2) is 8.78 Å². The molecule has 0 aliphatic heterocycles. The summed E-state index contributed by atoms with van der Waals surface area (Å²) in [7, 11) is 0. The van der Waals surface area contributed by atoms with Gasteiger partial charge in [-0.05, 0) is 12.1 Å². The third kappa shape index (κ3) is 1.93. The maximum atomic E-state index is 12.3. The molecule has 1 aromatic carbocycles. The predicted octanol–water partition coefficient (Wildman–Crippen LogP) is 3.84. The topological polar surface area (TPSA) is 43.1 Å². The number of benzene rings is 1. The molecule has 0 bridgehead atoms. The fourth-order valence-corrected chi connectivity index (χ4v) is 1.48. The number of hydrogen-bond donors (Lipinski definition) is 0. The van der Waals surface area contributed by atoms with Gasteiger partial charge in [-0.15, -0.1) is 0 Å². The summed E-state index contributed by atoms with van der Waals surface area (Å²) >= 11 is 10.8. The molecule has 0 N–H and O–H groups in total. The van der Waals surface area contributed by atoms with Crippen molar-refractivity contribution in [3.8, 4) is 0 Å². The minimum Gasteiger partial charge on any atom is -0.258 e. The van der Waals surface area contributed by atoms with Crippen LogP contribution < -0.4 is 0 Å². The minimum absolute atomic E-state index is 0.260. The zero-order valence-corrected chi connectivity index (χ0v) is 8.02. The Kier molecular flexibility index (Phi) is 3.23. The highest BCUT2D eigenvalue weighted by molar-refractivity contribution is 6.38. The van der Waals surface area contributed by atoms with Gasteiger partial charge in [0.05, 0.1) is 4.92 Å². The van der Waals surface area contributed by atoms with Crippen LogP contribution in [0.25, 0.3) is 0 Å². The van der Waals surface area contributed by atoms with Crippen LogP contribution in [0.5, 0.6) is 0 Å². The van der Waals surface area contributed by atoms with Gasteiger partial charge in [-0.1, -0.05) is 23.2 Å². The highest BCUT2D eigenvalue weighted by atomic mass is 35.5. The van der Waals surface area contributed by atoms with Crippen molar-refractivity contribution in [1.82, 2.24) is 0 Å². The van der Waals surface area contributed by atoms with Gasteiger partial charge in [0.25, 0.3) is 6.43 Å². The Hall–Kier alpha value is -0.940. The Bertz CT molecular complexity index is 384. The maximum Gasteiger partial charge on any atom is 0.306 e. The van der Waals surface area contributed by atoms with Gasteiger partial charge < -0.3 is 0 Å². The van der Waals surface area contributed by atoms with Crippen LogP contribution in [0, 0.1) is 10.1 Å². The number of rotatable bonds is 2. The molecule has 0 radical (unpaired) electrons. The standard InChI is InChI=1S/C7H3Cl2F2NO2/c8-4-2-1-3(7(10)11)5(9)6(4)12(13)14/h1-2,7H. The summed E-state index contributed by atoms with van der Waals surface area (Å²) in [5.74, 6) is 0. The molecular formula is C7H3Cl2F2NO2. The van der Waals surface area contributed by atoms with E-state index in [0.717, 1.165) is 12.1 Å². The Morgan fingerprint density at radius 1 is 1.36 bits per heavy atom. The summed E-state index contributed by atoms with van der Waals surface area (Å²) < 4.78 is 24.5. The van der Waals surface area contributed by atoms with Crippen LogP contribution in [0.3, 0.4) is 0 Å². The van der Waals surface area contributed by atoms with Crippen molar-refractivity contribution >= 4 is 28.9 Å². The lowest BCUT2D eigenvalue weighted by Gasteiger charge is -2.04. The van der Waals surface area contributed by atoms with Crippen molar-refractivity contribution in [3.05, 3.63) is 37.9 Å². The zero-order valence-electron chi connectivity index (χ0n) is 6.51. The molecule has 0 heterocycles. The van der Waals surface area contributed by atoms with E-state index in [-0.39, 0.29) is 5.02 Å². The molecule has 0 aliphatic rings. The molecule has 0 amide bonds. The minimum atomic E-state index is -2.86. The van der Waals surface area contributed by atoms with Crippen molar-refractivity contribution in [2.75, 3.05) is 0 Å². The summed E-state index contributed by atoms with van der Waals surface area (Å²) in [6, 6.07) is 1.98. The Morgan fingerprint density at radius 2 is 1.93 bits per heavy atom. The molecule has 0 fully saturated rings. The van der Waals surface area contributed by atoms with E-state index in [4.69, 9.17) is 23.2 Å². The first-order chi connectivity index (χ1) is 6.45. The van der Waals surface area contributed by atoms with Crippen molar-refractivity contribution in [2.24, 2.45) is 0 Å². The Morgan fingerprint density at radius 3 is 2.36 bits per heavy atom. The zero-order chi connectivity index (χ0) is 10.9. The second kappa shape index (κ2) is 4.06. The Balaban J connectivity index is 3.41. The van der Waals surface area contributed by atoms with E-state index in [1.54, 1.807) is 0 Å². The molecule has 0 aliphatic carbocycles. The first kappa shape index (κ1) is 11.1. The van der Waals surface area contributed by atoms with Gasteiger partial charge in [0, 0.05) is 5.56 Å². The average Bonchev–Trinajstić information content (AvgIpc) is 2.02. The van der Waals surface area contributed by atoms with Crippen molar-refractivity contribution in [1.29, 1.82) is 0 Å². The molecule has 7 heteroatoms. The molecule has 0 saturated carbocycles. The number of nitrogens with zero attached hydrogens (tertiary/aromatic N) is 1. The monoisotopic (exact) mass is 241 g/mol. The first-order valence-corrected chi connectivity index (χ1v) is 4.11. The van der Waals surface area contributed by atoms with Crippen molar-refractivity contribution < 1.29 is 13.7 Å². The molecule has 0 saturated heterocycles. The van der Waals surface area contributed by atoms with Gasteiger partial charge in [0.2, 0.25) is 0 Å². The van der Waals surface area contributed by atoms with Gasteiger partial charge in [-0.2, -0.15) is 0 Å². The van der Waals surface area contributed by atoms with E-state index in [2.05, 4.69) is 0 Å². The molecule has 1 aromatic rings. The van der Waals surface area contributed by atoms with Gasteiger partial charge in [0.1, 0.15) is 10.0 Å². The summed E-state index contributed by atoms with van der Waals surface area (Å²) in [5.41, 5.74) is -1.28. The highest BCUT2D eigenvalue weighted by Crippen LogP contribution is 2.38. The molecular weight excluding hydrogens is 239 g/mol. The largest absolute Gasteiger partial charge is 0.306 e. The van der Waals surface area contributed by atoms with Crippen LogP contribution >= 0.6 is 23.2 Å². The number of hydrogen-bond acceptors (Lipinski definition) is 2. The number of halogens is 4. The lowest BCUT2D eigenvalue weighted by molar-refractivity contribution is -0.384. The average molecular weight is 242 g/mol. The van der Waals surface area contributed by atoms with E-state index in [0.29, 0.717) is 0 Å². The van der Waals surface area contributed by atoms with E-state index < -0.39 is 27.6 Å². The lowest BCUT2D eigenvalue weighted by Crippen LogP contribution is -1.94. The summed E-state index contributed by atoms with van der Waals surface area (Å²) in [4.78, 5) is 9.52. The molecule has 0 spiro atoms. The van der Waals surface area contributed by atoms with Crippen LogP contribution in [0.2, 0.25) is 10.0 Å². The molecule has 0 aromatic heterocycles. The SMILES string of the molecule is O=[N+]([O-])c1c(Cl)ccc(C(F)F)c1Cl. The second-order valence-electron chi connectivity index (χ2n) is 2.36. The lowest BCUT2D eigenvalue weighted by atomic mass is 10.2. The van der Waals surface area contributed by atoms with Crippen LogP contribution in [0.15, 0.2) is 12.1 Å². The number of alkyl halides is 2. The van der Waals surface area contributed by atoms with Crippen molar-refractivity contribution in [2.45, 2.75) is 6.43 Å². The summed E-state index contributed by atoms with van der Waals surface area (Å²) in [6.07, 6.45) is -2.86. The maximum absolute atomic E-state index is 12.3. The third-order valence-corrected chi connectivity index (χ3v) is 2.22. The fourth-order valence-electron chi connectivity index (χ4n) is 0.892. The Labute approximate surface area is 87.4 Å². The molecule has 76 valence electrons. The summed E-state index contributed by atoms with van der Waals surface area (Å²) in [5, 5.41) is 9.54. The smallest absolute Gasteiger partial charge is 0.258 e. The van der Waals surface area contributed by atoms with E-state index in [9.17, 15) is 18.9 Å². The predicted molar refractivity (Wildman–Crippen MR) is 48.1 cm³/mol. The van der Waals surface area contributed by atoms with Gasteiger partial charge >= 0.3 is 5.69 Å². The van der Waals surface area contributed by atoms with E-state index in [1.807, 2.05) is 0 Å². The molecule has 0 unspecified atom stereocenters. The number of nitro groups is 1. The molecule has 0 atom stereocenters. The summed E-state index contributed by atoms with van der Waals surface area (Å²) in [6.45, 7) is 0. The fraction of sp³-hybridized carbons (Fsp3) is 0.143. The van der Waals surface area contributed by atoms with Crippen LogP contribution in [0.4, 0.5) is 14.5 Å². The first-order valence-electron chi connectivity index (χ1n) is 3.35. The van der Waals surface area contributed by atoms with Gasteiger partial charge in [0.15, 0.2) is 0 Å². The van der Waals surface area contributed by atoms with Crippen LogP contribution in [-0.2, 0) is 0 Å². The van der Waals surface area contributed by atoms with Crippen LogP contribution in [0.1, 0.15) is 12.0 Å². The molecule has 14 heavy (non-hydrogen) atoms. The highest BCUT2D eigenvalue weighted by Gasteiger charge is 2.24.